The van der Waals surface area contributed by atoms with E-state index in [0.29, 0.717) is 18.6 Å². The third-order valence-electron chi connectivity index (χ3n) is 10.3. The number of hydrogen-bond donors (Lipinski definition) is 1. The number of halogens is 1. The molecule has 1 N–H and O–H groups in total. The summed E-state index contributed by atoms with van der Waals surface area (Å²) in [4.78, 5) is 26.1. The topological polar surface area (TPSA) is 106 Å². The molecule has 0 bridgehead atoms. The van der Waals surface area contributed by atoms with Crippen molar-refractivity contribution in [1.82, 2.24) is 0 Å². The van der Waals surface area contributed by atoms with Gasteiger partial charge in [0.15, 0.2) is 17.7 Å². The Kier molecular flexibility index (Phi) is 6.35. The molecule has 7 nitrogen and oxygen atoms in total. The first kappa shape index (κ1) is 26.7. The van der Waals surface area contributed by atoms with Crippen LogP contribution in [0, 0.1) is 45.7 Å². The number of fused-ring (bicyclic) bond motifs is 7. The van der Waals surface area contributed by atoms with E-state index in [-0.39, 0.29) is 40.0 Å². The molecule has 206 valence electrons. The Bertz CT molecular complexity index is 1340. The lowest BCUT2D eigenvalue weighted by molar-refractivity contribution is -0.195. The van der Waals surface area contributed by atoms with E-state index in [0.717, 1.165) is 30.2 Å². The number of carbonyl (C=O) groups is 2. The standard InChI is InChI=1S/C30H32FNO6S/c1-28-9-8-17(33)12-16(28)4-6-19-21-14-24-30(27(35)39-11-10-32,29(21,2)15-23(34)25(19)28)38-26(37-24)20-7-5-18(36-3)13-22(20)31/h5,7-9,12-13,19,21,23-26,34H,4,6,11,14-15H2,1-3H3/t19-,21-,23-,24+,25+,26?,28-,29-,30?/m0/s1. The minimum atomic E-state index is -1.45. The summed E-state index contributed by atoms with van der Waals surface area (Å²) in [7, 11) is 1.45. The number of nitrogens with zero attached hydrogens (tertiary/aromatic N) is 1. The fourth-order valence-corrected chi connectivity index (χ4v) is 9.41. The predicted octanol–water partition coefficient (Wildman–Crippen LogP) is 4.66. The molecular weight excluding hydrogens is 521 g/mol. The van der Waals surface area contributed by atoms with Gasteiger partial charge < -0.3 is 19.3 Å². The Balaban J connectivity index is 1.40. The van der Waals surface area contributed by atoms with Crippen LogP contribution in [-0.4, -0.2) is 46.7 Å². The first-order valence-corrected chi connectivity index (χ1v) is 14.4. The van der Waals surface area contributed by atoms with Crippen LogP contribution in [0.25, 0.3) is 0 Å². The molecule has 39 heavy (non-hydrogen) atoms. The van der Waals surface area contributed by atoms with E-state index in [1.165, 1.54) is 13.2 Å². The number of thioether (sulfide) groups is 1. The van der Waals surface area contributed by atoms with Crippen LogP contribution in [0.2, 0.25) is 0 Å². The smallest absolute Gasteiger partial charge is 0.225 e. The van der Waals surface area contributed by atoms with Gasteiger partial charge in [0.05, 0.1) is 31.1 Å². The van der Waals surface area contributed by atoms with Crippen LogP contribution in [0.4, 0.5) is 4.39 Å². The number of allylic oxidation sites excluding steroid dienone is 4. The maximum Gasteiger partial charge on any atom is 0.225 e. The summed E-state index contributed by atoms with van der Waals surface area (Å²) in [5.74, 6) is -0.326. The normalized spacial score (nSPS) is 42.1. The average Bonchev–Trinajstić information content (AvgIpc) is 3.40. The third-order valence-corrected chi connectivity index (χ3v) is 11.1. The van der Waals surface area contributed by atoms with E-state index in [1.807, 2.05) is 19.1 Å². The van der Waals surface area contributed by atoms with Gasteiger partial charge in [-0.1, -0.05) is 37.3 Å². The van der Waals surface area contributed by atoms with Crippen molar-refractivity contribution in [2.75, 3.05) is 12.9 Å². The number of rotatable bonds is 4. The van der Waals surface area contributed by atoms with Crippen molar-refractivity contribution in [3.63, 3.8) is 0 Å². The summed E-state index contributed by atoms with van der Waals surface area (Å²) in [6.07, 6.45) is 5.07. The Labute approximate surface area is 231 Å². The number of carbonyl (C=O) groups excluding carboxylic acids is 2. The van der Waals surface area contributed by atoms with E-state index < -0.39 is 40.7 Å². The largest absolute Gasteiger partial charge is 0.497 e. The van der Waals surface area contributed by atoms with Gasteiger partial charge in [0.25, 0.3) is 0 Å². The van der Waals surface area contributed by atoms with Crippen LogP contribution >= 0.6 is 11.8 Å². The number of benzene rings is 1. The number of hydrogen-bond acceptors (Lipinski definition) is 8. The lowest BCUT2D eigenvalue weighted by Gasteiger charge is -2.59. The van der Waals surface area contributed by atoms with Gasteiger partial charge in [0.2, 0.25) is 5.12 Å². The Hall–Kier alpha value is -2.51. The Morgan fingerprint density at radius 3 is 2.87 bits per heavy atom. The summed E-state index contributed by atoms with van der Waals surface area (Å²) < 4.78 is 33.1. The molecule has 2 unspecified atom stereocenters. The highest BCUT2D eigenvalue weighted by Gasteiger charge is 2.76. The molecule has 1 aliphatic heterocycles. The first-order chi connectivity index (χ1) is 18.6. The molecule has 4 fully saturated rings. The molecule has 9 atom stereocenters. The number of aliphatic hydroxyl groups excluding tert-OH is 1. The van der Waals surface area contributed by atoms with Gasteiger partial charge in [-0.2, -0.15) is 5.26 Å². The highest BCUT2D eigenvalue weighted by atomic mass is 32.2. The number of ether oxygens (including phenoxy) is 3. The molecule has 0 aromatic heterocycles. The average molecular weight is 554 g/mol. The van der Waals surface area contributed by atoms with Crippen LogP contribution < -0.4 is 4.74 Å². The van der Waals surface area contributed by atoms with E-state index in [4.69, 9.17) is 14.2 Å². The fraction of sp³-hybridized carbons (Fsp3) is 0.567. The molecule has 1 heterocycles. The number of aliphatic hydroxyl groups is 1. The van der Waals surface area contributed by atoms with Gasteiger partial charge in [-0.25, -0.2) is 4.39 Å². The summed E-state index contributed by atoms with van der Waals surface area (Å²) in [5.41, 5.74) is -1.47. The van der Waals surface area contributed by atoms with Crippen molar-refractivity contribution in [3.8, 4) is 11.8 Å². The second-order valence-corrected chi connectivity index (χ2v) is 12.8. The van der Waals surface area contributed by atoms with Crippen molar-refractivity contribution < 1.29 is 33.3 Å². The third kappa shape index (κ3) is 3.65. The van der Waals surface area contributed by atoms with Crippen LogP contribution in [0.5, 0.6) is 5.75 Å². The van der Waals surface area contributed by atoms with E-state index in [1.54, 1.807) is 24.3 Å². The van der Waals surface area contributed by atoms with Gasteiger partial charge in [-0.3, -0.25) is 9.59 Å². The van der Waals surface area contributed by atoms with Crippen molar-refractivity contribution in [2.45, 2.75) is 63.6 Å². The number of methoxy groups -OCH3 is 1. The van der Waals surface area contributed by atoms with Crippen LogP contribution in [0.15, 0.2) is 42.0 Å². The van der Waals surface area contributed by atoms with Crippen molar-refractivity contribution >= 4 is 22.7 Å². The molecule has 4 aliphatic carbocycles. The van der Waals surface area contributed by atoms with Crippen molar-refractivity contribution in [1.29, 1.82) is 5.26 Å². The van der Waals surface area contributed by atoms with Gasteiger partial charge in [-0.15, -0.1) is 0 Å². The summed E-state index contributed by atoms with van der Waals surface area (Å²) in [6.45, 7) is 4.09. The highest BCUT2D eigenvalue weighted by Crippen LogP contribution is 2.71. The zero-order valence-corrected chi connectivity index (χ0v) is 23.0. The summed E-state index contributed by atoms with van der Waals surface area (Å²) in [5, 5.41) is 20.7. The van der Waals surface area contributed by atoms with E-state index in [9.17, 15) is 20.0 Å². The Morgan fingerprint density at radius 2 is 2.15 bits per heavy atom. The minimum Gasteiger partial charge on any atom is -0.497 e. The van der Waals surface area contributed by atoms with E-state index in [2.05, 4.69) is 6.92 Å². The maximum absolute atomic E-state index is 15.1. The molecule has 1 aromatic rings. The Morgan fingerprint density at radius 1 is 1.36 bits per heavy atom. The molecule has 0 radical (unpaired) electrons. The fourth-order valence-electron chi connectivity index (χ4n) is 8.59. The highest BCUT2D eigenvalue weighted by molar-refractivity contribution is 8.14. The lowest BCUT2D eigenvalue weighted by atomic mass is 9.46. The first-order valence-electron chi connectivity index (χ1n) is 13.4. The quantitative estimate of drug-likeness (QED) is 0.574. The van der Waals surface area contributed by atoms with Crippen molar-refractivity contribution in [3.05, 3.63) is 53.4 Å². The summed E-state index contributed by atoms with van der Waals surface area (Å²) in [6, 6.07) is 6.44. The molecule has 1 aromatic carbocycles. The molecule has 0 spiro atoms. The molecule has 0 amide bonds. The lowest BCUT2D eigenvalue weighted by Crippen LogP contribution is -2.62. The number of ketones is 1. The van der Waals surface area contributed by atoms with Gasteiger partial charge in [-0.05, 0) is 61.8 Å². The van der Waals surface area contributed by atoms with Crippen LogP contribution in [0.1, 0.15) is 51.4 Å². The molecule has 5 aliphatic rings. The molecule has 9 heteroatoms. The monoisotopic (exact) mass is 553 g/mol. The van der Waals surface area contributed by atoms with Crippen molar-refractivity contribution in [2.24, 2.45) is 28.6 Å². The van der Waals surface area contributed by atoms with Gasteiger partial charge >= 0.3 is 0 Å². The van der Waals surface area contributed by atoms with E-state index >= 15 is 4.39 Å². The zero-order valence-electron chi connectivity index (χ0n) is 22.2. The second kappa shape index (κ2) is 9.27. The van der Waals surface area contributed by atoms with Gasteiger partial charge in [0.1, 0.15) is 11.6 Å². The van der Waals surface area contributed by atoms with Crippen LogP contribution in [0.3, 0.4) is 0 Å². The molecular formula is C30H32FNO6S. The zero-order chi connectivity index (χ0) is 27.7. The summed E-state index contributed by atoms with van der Waals surface area (Å²) >= 11 is 0.893. The predicted molar refractivity (Wildman–Crippen MR) is 141 cm³/mol. The molecule has 3 saturated carbocycles. The maximum atomic E-state index is 15.1. The molecule has 6 rings (SSSR count). The number of nitriles is 1. The second-order valence-electron chi connectivity index (χ2n) is 11.9. The molecule has 1 saturated heterocycles. The van der Waals surface area contributed by atoms with Gasteiger partial charge in [0, 0.05) is 28.4 Å². The van der Waals surface area contributed by atoms with Crippen LogP contribution in [-0.2, 0) is 19.1 Å². The minimum absolute atomic E-state index is 0.00592. The SMILES string of the molecule is COc1ccc(C2O[C@@H]3C[C@H]4[C@@H]5CCC6=CC(=O)C=C[C@]6(C)[C@H]5[C@@H](O)C[C@]4(C)C3(C(=O)SCC#N)O2)c(F)c1.